The van der Waals surface area contributed by atoms with Gasteiger partial charge in [-0.2, -0.15) is 0 Å². The summed E-state index contributed by atoms with van der Waals surface area (Å²) in [6, 6.07) is 0. The van der Waals surface area contributed by atoms with Gasteiger partial charge in [-0.05, 0) is 18.3 Å². The van der Waals surface area contributed by atoms with Crippen LogP contribution in [0.4, 0.5) is 0 Å². The van der Waals surface area contributed by atoms with Gasteiger partial charge in [-0.1, -0.05) is 13.8 Å². The van der Waals surface area contributed by atoms with Gasteiger partial charge in [0.2, 0.25) is 0 Å². The van der Waals surface area contributed by atoms with Crippen LogP contribution in [0.1, 0.15) is 26.7 Å². The summed E-state index contributed by atoms with van der Waals surface area (Å²) in [5.74, 6) is 0. The zero-order valence-electron chi connectivity index (χ0n) is 6.58. The van der Waals surface area contributed by atoms with E-state index in [9.17, 15) is 0 Å². The van der Waals surface area contributed by atoms with Crippen molar-refractivity contribution in [3.05, 3.63) is 0 Å². The average Bonchev–Trinajstić information content (AvgIpc) is 1.53. The second-order valence-corrected chi connectivity index (χ2v) is 5.91. The molecule has 0 aromatic heterocycles. The molecule has 11 heavy (non-hydrogen) atoms. The zero-order valence-corrected chi connectivity index (χ0v) is 9.60. The first-order valence-corrected chi connectivity index (χ1v) is 5.14. The van der Waals surface area contributed by atoms with Crippen LogP contribution in [0.5, 0.6) is 0 Å². The normalized spacial score (nSPS) is 13.1. The van der Waals surface area contributed by atoms with Crippen LogP contribution >= 0.6 is 46.4 Å². The Kier molecular flexibility index (Phi) is 5.54. The molecule has 0 fully saturated rings. The quantitative estimate of drug-likeness (QED) is 0.636. The summed E-state index contributed by atoms with van der Waals surface area (Å²) < 4.78 is 0. The van der Waals surface area contributed by atoms with E-state index in [0.29, 0.717) is 12.8 Å². The molecule has 0 heterocycles. The lowest BCUT2D eigenvalue weighted by molar-refractivity contribution is 0.329. The zero-order chi connectivity index (χ0) is 9.07. The van der Waals surface area contributed by atoms with Gasteiger partial charge in [0.05, 0.1) is 0 Å². The molecule has 0 spiro atoms. The Morgan fingerprint density at radius 2 is 1.18 bits per heavy atom. The summed E-state index contributed by atoms with van der Waals surface area (Å²) in [7, 11) is 0. The van der Waals surface area contributed by atoms with Crippen molar-refractivity contribution in [3.8, 4) is 0 Å². The first-order valence-electron chi connectivity index (χ1n) is 3.40. The Hall–Kier alpha value is 1.16. The van der Waals surface area contributed by atoms with Gasteiger partial charge in [0, 0.05) is 0 Å². The number of rotatable bonds is 4. The molecular weight excluding hydrogens is 226 g/mol. The molecule has 0 radical (unpaired) electrons. The molecule has 0 aliphatic carbocycles. The molecule has 0 rings (SSSR count). The maximum absolute atomic E-state index is 5.62. The second-order valence-electron chi connectivity index (χ2n) is 3.35. The van der Waals surface area contributed by atoms with Gasteiger partial charge in [0.15, 0.2) is 0 Å². The molecule has 0 N–H and O–H groups in total. The van der Waals surface area contributed by atoms with Gasteiger partial charge in [-0.15, -0.1) is 46.4 Å². The van der Waals surface area contributed by atoms with Crippen LogP contribution < -0.4 is 0 Å². The predicted octanol–water partition coefficient (Wildman–Crippen LogP) is 4.40. The molecule has 0 aromatic carbocycles. The Balaban J connectivity index is 3.79. The highest BCUT2D eigenvalue weighted by molar-refractivity contribution is 6.44. The van der Waals surface area contributed by atoms with E-state index in [-0.39, 0.29) is 15.1 Å². The molecular formula is C7H12Cl4. The minimum absolute atomic E-state index is 0.0162. The third-order valence-electron chi connectivity index (χ3n) is 1.41. The number of hydrogen-bond donors (Lipinski definition) is 0. The van der Waals surface area contributed by atoms with E-state index in [4.69, 9.17) is 46.4 Å². The molecule has 4 heteroatoms. The predicted molar refractivity (Wildman–Crippen MR) is 54.0 cm³/mol. The van der Waals surface area contributed by atoms with Crippen molar-refractivity contribution >= 4 is 46.4 Å². The highest BCUT2D eigenvalue weighted by Crippen LogP contribution is 2.33. The van der Waals surface area contributed by atoms with Crippen LogP contribution in [0.3, 0.4) is 0 Å². The fourth-order valence-corrected chi connectivity index (χ4v) is 2.59. The number of alkyl halides is 4. The van der Waals surface area contributed by atoms with Crippen LogP contribution in [-0.4, -0.2) is 9.67 Å². The van der Waals surface area contributed by atoms with Crippen LogP contribution in [0, 0.1) is 5.41 Å². The van der Waals surface area contributed by atoms with Gasteiger partial charge in [-0.3, -0.25) is 0 Å². The minimum Gasteiger partial charge on any atom is -0.105 e. The molecule has 0 atom stereocenters. The van der Waals surface area contributed by atoms with Gasteiger partial charge >= 0.3 is 0 Å². The van der Waals surface area contributed by atoms with E-state index in [0.717, 1.165) is 0 Å². The molecule has 0 saturated heterocycles. The van der Waals surface area contributed by atoms with Gasteiger partial charge in [-0.25, -0.2) is 0 Å². The van der Waals surface area contributed by atoms with Gasteiger partial charge < -0.3 is 0 Å². The fraction of sp³-hybridized carbons (Fsp3) is 1.00. The van der Waals surface area contributed by atoms with Crippen LogP contribution in [0.15, 0.2) is 0 Å². The Morgan fingerprint density at radius 1 is 0.909 bits per heavy atom. The number of hydrogen-bond acceptors (Lipinski definition) is 0. The Labute approximate surface area is 88.1 Å². The van der Waals surface area contributed by atoms with Crippen LogP contribution in [0.25, 0.3) is 0 Å². The third kappa shape index (κ3) is 7.52. The molecule has 0 saturated carbocycles. The third-order valence-corrected chi connectivity index (χ3v) is 2.03. The molecule has 0 aromatic rings. The lowest BCUT2D eigenvalue weighted by Crippen LogP contribution is -2.17. The minimum atomic E-state index is -0.336. The first-order chi connectivity index (χ1) is 4.83. The Bertz CT molecular complexity index is 97.0. The maximum atomic E-state index is 5.62. The summed E-state index contributed by atoms with van der Waals surface area (Å²) in [6.45, 7) is 4.09. The van der Waals surface area contributed by atoms with Crippen molar-refractivity contribution in [2.75, 3.05) is 0 Å². The van der Waals surface area contributed by atoms with Crippen molar-refractivity contribution in [2.45, 2.75) is 36.4 Å². The summed E-state index contributed by atoms with van der Waals surface area (Å²) in [5.41, 5.74) is 0.0162. The summed E-state index contributed by atoms with van der Waals surface area (Å²) in [5, 5.41) is 0. The lowest BCUT2D eigenvalue weighted by atomic mass is 9.87. The molecule has 0 nitrogen and oxygen atoms in total. The Morgan fingerprint density at radius 3 is 1.36 bits per heavy atom. The van der Waals surface area contributed by atoms with Crippen molar-refractivity contribution < 1.29 is 0 Å². The van der Waals surface area contributed by atoms with E-state index < -0.39 is 0 Å². The summed E-state index contributed by atoms with van der Waals surface area (Å²) in [6.07, 6.45) is 1.43. The van der Waals surface area contributed by atoms with E-state index >= 15 is 0 Å². The molecule has 0 bridgehead atoms. The van der Waals surface area contributed by atoms with E-state index in [1.165, 1.54) is 0 Å². The number of halogens is 4. The van der Waals surface area contributed by atoms with Gasteiger partial charge in [0.25, 0.3) is 0 Å². The highest BCUT2D eigenvalue weighted by atomic mass is 35.5. The van der Waals surface area contributed by atoms with Crippen LogP contribution in [0.2, 0.25) is 0 Å². The standard InChI is InChI=1S/C7H12Cl4/c1-7(2,3-5(8)9)4-6(10)11/h5-6H,3-4H2,1-2H3. The highest BCUT2D eigenvalue weighted by Gasteiger charge is 2.23. The van der Waals surface area contributed by atoms with Crippen molar-refractivity contribution in [1.82, 2.24) is 0 Å². The second kappa shape index (κ2) is 5.01. The summed E-state index contributed by atoms with van der Waals surface area (Å²) in [4.78, 5) is -0.672. The SMILES string of the molecule is CC(C)(CC(Cl)Cl)CC(Cl)Cl. The molecule has 0 amide bonds. The molecule has 68 valence electrons. The first kappa shape index (κ1) is 12.2. The summed E-state index contributed by atoms with van der Waals surface area (Å²) >= 11 is 22.5. The van der Waals surface area contributed by atoms with E-state index in [1.807, 2.05) is 13.8 Å². The lowest BCUT2D eigenvalue weighted by Gasteiger charge is -2.25. The van der Waals surface area contributed by atoms with Gasteiger partial charge in [0.1, 0.15) is 9.67 Å². The van der Waals surface area contributed by atoms with Crippen molar-refractivity contribution in [3.63, 3.8) is 0 Å². The van der Waals surface area contributed by atoms with Crippen molar-refractivity contribution in [2.24, 2.45) is 5.41 Å². The van der Waals surface area contributed by atoms with E-state index in [2.05, 4.69) is 0 Å². The molecule has 0 unspecified atom stereocenters. The molecule has 0 aliphatic heterocycles. The topological polar surface area (TPSA) is 0 Å². The van der Waals surface area contributed by atoms with Crippen molar-refractivity contribution in [1.29, 1.82) is 0 Å². The monoisotopic (exact) mass is 236 g/mol. The molecule has 0 aliphatic rings. The smallest absolute Gasteiger partial charge is 0.105 e. The van der Waals surface area contributed by atoms with E-state index in [1.54, 1.807) is 0 Å². The largest absolute Gasteiger partial charge is 0.108 e. The fourth-order valence-electron chi connectivity index (χ4n) is 0.919. The van der Waals surface area contributed by atoms with Crippen LogP contribution in [-0.2, 0) is 0 Å². The maximum Gasteiger partial charge on any atom is 0.108 e. The average molecular weight is 238 g/mol.